The summed E-state index contributed by atoms with van der Waals surface area (Å²) in [5.41, 5.74) is 10.4. The Hall–Kier alpha value is -2.17. The van der Waals surface area contributed by atoms with Crippen LogP contribution in [0, 0.1) is 0 Å². The molecular weight excluding hydrogens is 308 g/mol. The number of imidazole rings is 1. The summed E-state index contributed by atoms with van der Waals surface area (Å²) in [5, 5.41) is 0. The van der Waals surface area contributed by atoms with Gasteiger partial charge in [-0.15, -0.1) is 0 Å². The maximum Gasteiger partial charge on any atom is 0.141 e. The van der Waals surface area contributed by atoms with Gasteiger partial charge in [0.15, 0.2) is 0 Å². The van der Waals surface area contributed by atoms with Crippen LogP contribution >= 0.6 is 0 Å². The molecular formula is C21H28N4. The van der Waals surface area contributed by atoms with Crippen molar-refractivity contribution in [2.24, 2.45) is 5.73 Å². The number of aryl methyl sites for hydroxylation is 1. The van der Waals surface area contributed by atoms with E-state index in [2.05, 4.69) is 71.8 Å². The molecule has 0 unspecified atom stereocenters. The highest BCUT2D eigenvalue weighted by atomic mass is 15.1. The molecule has 1 aromatic heterocycles. The van der Waals surface area contributed by atoms with E-state index in [1.165, 1.54) is 5.52 Å². The van der Waals surface area contributed by atoms with E-state index in [-0.39, 0.29) is 0 Å². The molecule has 3 rings (SSSR count). The van der Waals surface area contributed by atoms with Gasteiger partial charge in [0, 0.05) is 18.7 Å². The highest BCUT2D eigenvalue weighted by Crippen LogP contribution is 2.26. The lowest BCUT2D eigenvalue weighted by Crippen LogP contribution is -2.24. The third kappa shape index (κ3) is 3.91. The third-order valence-corrected chi connectivity index (χ3v) is 4.83. The molecule has 25 heavy (non-hydrogen) atoms. The predicted octanol–water partition coefficient (Wildman–Crippen LogP) is 3.89. The first kappa shape index (κ1) is 17.6. The van der Waals surface area contributed by atoms with Gasteiger partial charge < -0.3 is 15.2 Å². The fourth-order valence-corrected chi connectivity index (χ4v) is 3.35. The van der Waals surface area contributed by atoms with Crippen molar-refractivity contribution < 1.29 is 0 Å². The molecule has 2 aromatic carbocycles. The number of hydrogen-bond donors (Lipinski definition) is 1. The van der Waals surface area contributed by atoms with E-state index in [9.17, 15) is 0 Å². The van der Waals surface area contributed by atoms with Crippen molar-refractivity contribution in [3.63, 3.8) is 0 Å². The Morgan fingerprint density at radius 2 is 1.84 bits per heavy atom. The van der Waals surface area contributed by atoms with E-state index in [0.717, 1.165) is 55.1 Å². The first-order valence-electron chi connectivity index (χ1n) is 9.23. The molecule has 4 nitrogen and oxygen atoms in total. The molecule has 132 valence electrons. The largest absolute Gasteiger partial charge is 0.326 e. The van der Waals surface area contributed by atoms with Gasteiger partial charge in [-0.2, -0.15) is 0 Å². The molecule has 0 fully saturated rings. The minimum atomic E-state index is 0.552. The Bertz CT molecular complexity index is 818. The van der Waals surface area contributed by atoms with Crippen LogP contribution in [0.15, 0.2) is 48.5 Å². The van der Waals surface area contributed by atoms with E-state index in [1.54, 1.807) is 0 Å². The highest BCUT2D eigenvalue weighted by molar-refractivity contribution is 5.80. The zero-order chi connectivity index (χ0) is 17.6. The number of nitrogens with two attached hydrogens (primary N) is 1. The first-order valence-corrected chi connectivity index (χ1v) is 9.23. The number of fused-ring (bicyclic) bond motifs is 1. The lowest BCUT2D eigenvalue weighted by atomic mass is 10.1. The monoisotopic (exact) mass is 336 g/mol. The predicted molar refractivity (Wildman–Crippen MR) is 105 cm³/mol. The lowest BCUT2D eigenvalue weighted by Gasteiger charge is -2.18. The van der Waals surface area contributed by atoms with E-state index >= 15 is 0 Å². The molecule has 0 bridgehead atoms. The minimum absolute atomic E-state index is 0.552. The van der Waals surface area contributed by atoms with Crippen LogP contribution in [-0.4, -0.2) is 34.1 Å². The summed E-state index contributed by atoms with van der Waals surface area (Å²) in [4.78, 5) is 7.37. The number of benzene rings is 2. The number of nitrogens with zero attached hydrogens (tertiary/aromatic N) is 3. The Morgan fingerprint density at radius 3 is 2.60 bits per heavy atom. The van der Waals surface area contributed by atoms with Crippen molar-refractivity contribution in [3.05, 3.63) is 54.1 Å². The second-order valence-electron chi connectivity index (χ2n) is 6.36. The fourth-order valence-electron chi connectivity index (χ4n) is 3.35. The van der Waals surface area contributed by atoms with Crippen LogP contribution in [0.1, 0.15) is 25.8 Å². The molecule has 0 radical (unpaired) electrons. The van der Waals surface area contributed by atoms with Crippen molar-refractivity contribution in [1.29, 1.82) is 0 Å². The minimum Gasteiger partial charge on any atom is -0.326 e. The molecule has 4 heteroatoms. The average molecular weight is 336 g/mol. The molecule has 0 atom stereocenters. The smallest absolute Gasteiger partial charge is 0.141 e. The summed E-state index contributed by atoms with van der Waals surface area (Å²) in [5.74, 6) is 1.04. The van der Waals surface area contributed by atoms with Crippen molar-refractivity contribution in [1.82, 2.24) is 14.5 Å². The molecule has 0 aliphatic heterocycles. The molecule has 0 aliphatic rings. The quantitative estimate of drug-likeness (QED) is 0.679. The topological polar surface area (TPSA) is 47.1 Å². The van der Waals surface area contributed by atoms with Crippen LogP contribution in [0.4, 0.5) is 0 Å². The van der Waals surface area contributed by atoms with Crippen molar-refractivity contribution in [2.45, 2.75) is 33.4 Å². The van der Waals surface area contributed by atoms with Gasteiger partial charge in [0.1, 0.15) is 5.82 Å². The van der Waals surface area contributed by atoms with Gasteiger partial charge in [-0.3, -0.25) is 0 Å². The standard InChI is InChI=1S/C21H28N4/c1-3-24(4-2)13-8-14-25-20-12-6-5-11-19(20)23-21(25)18-10-7-9-17(15-18)16-22/h5-7,9-12,15H,3-4,8,13-14,16,22H2,1-2H3. The molecule has 0 spiro atoms. The van der Waals surface area contributed by atoms with E-state index in [1.807, 2.05) is 0 Å². The van der Waals surface area contributed by atoms with Crippen LogP contribution in [0.2, 0.25) is 0 Å². The molecule has 0 saturated heterocycles. The van der Waals surface area contributed by atoms with Crippen LogP contribution in [0.25, 0.3) is 22.4 Å². The summed E-state index contributed by atoms with van der Waals surface area (Å²) in [6.45, 7) is 9.29. The molecule has 0 amide bonds. The summed E-state index contributed by atoms with van der Waals surface area (Å²) in [6, 6.07) is 16.8. The second kappa shape index (κ2) is 8.28. The van der Waals surface area contributed by atoms with Gasteiger partial charge in [0.25, 0.3) is 0 Å². The average Bonchev–Trinajstić information content (AvgIpc) is 3.04. The summed E-state index contributed by atoms with van der Waals surface area (Å²) in [7, 11) is 0. The SMILES string of the molecule is CCN(CC)CCCn1c(-c2cccc(CN)c2)nc2ccccc21. The Morgan fingerprint density at radius 1 is 1.04 bits per heavy atom. The Balaban J connectivity index is 1.94. The number of para-hydroxylation sites is 2. The number of rotatable bonds is 8. The van der Waals surface area contributed by atoms with Crippen molar-refractivity contribution >= 4 is 11.0 Å². The van der Waals surface area contributed by atoms with Gasteiger partial charge in [-0.1, -0.05) is 44.2 Å². The van der Waals surface area contributed by atoms with Crippen LogP contribution < -0.4 is 5.73 Å². The lowest BCUT2D eigenvalue weighted by molar-refractivity contribution is 0.294. The number of hydrogen-bond acceptors (Lipinski definition) is 3. The summed E-state index contributed by atoms with van der Waals surface area (Å²) in [6.07, 6.45) is 1.12. The van der Waals surface area contributed by atoms with E-state index in [4.69, 9.17) is 10.7 Å². The van der Waals surface area contributed by atoms with Gasteiger partial charge in [0.2, 0.25) is 0 Å². The normalized spacial score (nSPS) is 11.5. The van der Waals surface area contributed by atoms with E-state index < -0.39 is 0 Å². The maximum atomic E-state index is 5.82. The summed E-state index contributed by atoms with van der Waals surface area (Å²) >= 11 is 0. The molecule has 1 heterocycles. The zero-order valence-corrected chi connectivity index (χ0v) is 15.3. The van der Waals surface area contributed by atoms with E-state index in [0.29, 0.717) is 6.54 Å². The maximum absolute atomic E-state index is 5.82. The van der Waals surface area contributed by atoms with Gasteiger partial charge >= 0.3 is 0 Å². The van der Waals surface area contributed by atoms with Gasteiger partial charge in [-0.25, -0.2) is 4.98 Å². The second-order valence-corrected chi connectivity index (χ2v) is 6.36. The number of aromatic nitrogens is 2. The Kier molecular flexibility index (Phi) is 5.84. The highest BCUT2D eigenvalue weighted by Gasteiger charge is 2.13. The van der Waals surface area contributed by atoms with Crippen molar-refractivity contribution in [2.75, 3.05) is 19.6 Å². The van der Waals surface area contributed by atoms with Crippen LogP contribution in [-0.2, 0) is 13.1 Å². The summed E-state index contributed by atoms with van der Waals surface area (Å²) < 4.78 is 2.36. The van der Waals surface area contributed by atoms with Gasteiger partial charge in [-0.05, 0) is 49.8 Å². The fraction of sp³-hybridized carbons (Fsp3) is 0.381. The molecule has 0 saturated carbocycles. The van der Waals surface area contributed by atoms with Crippen LogP contribution in [0.5, 0.6) is 0 Å². The Labute approximate surface area is 150 Å². The molecule has 3 aromatic rings. The molecule has 2 N–H and O–H groups in total. The third-order valence-electron chi connectivity index (χ3n) is 4.83. The van der Waals surface area contributed by atoms with Crippen LogP contribution in [0.3, 0.4) is 0 Å². The van der Waals surface area contributed by atoms with Crippen molar-refractivity contribution in [3.8, 4) is 11.4 Å². The molecule has 0 aliphatic carbocycles. The zero-order valence-electron chi connectivity index (χ0n) is 15.3. The first-order chi connectivity index (χ1) is 12.3. The van der Waals surface area contributed by atoms with Gasteiger partial charge in [0.05, 0.1) is 11.0 Å².